The third kappa shape index (κ3) is 2.90. The van der Waals surface area contributed by atoms with E-state index in [0.29, 0.717) is 21.3 Å². The van der Waals surface area contributed by atoms with E-state index in [0.717, 1.165) is 25.9 Å². The summed E-state index contributed by atoms with van der Waals surface area (Å²) in [5.74, 6) is -0.0731. The predicted molar refractivity (Wildman–Crippen MR) is 75.2 cm³/mol. The quantitative estimate of drug-likeness (QED) is 0.802. The molecule has 0 bridgehead atoms. The molecule has 18 heavy (non-hydrogen) atoms. The van der Waals surface area contributed by atoms with Crippen molar-refractivity contribution in [1.82, 2.24) is 4.90 Å². The summed E-state index contributed by atoms with van der Waals surface area (Å²) in [5.41, 5.74) is 6.58. The Hall–Kier alpha value is -0.930. The average molecular weight is 287 g/mol. The highest BCUT2D eigenvalue weighted by atomic mass is 35.5. The summed E-state index contributed by atoms with van der Waals surface area (Å²) in [6, 6.07) is 3.16. The van der Waals surface area contributed by atoms with Crippen molar-refractivity contribution in [3.63, 3.8) is 0 Å². The molecule has 1 aromatic carbocycles. The maximum Gasteiger partial charge on any atom is 0.255 e. The molecule has 98 valence electrons. The zero-order valence-corrected chi connectivity index (χ0v) is 11.6. The van der Waals surface area contributed by atoms with Crippen LogP contribution in [0.5, 0.6) is 0 Å². The maximum absolute atomic E-state index is 12.4. The van der Waals surface area contributed by atoms with Gasteiger partial charge >= 0.3 is 0 Å². The average Bonchev–Trinajstić information content (AvgIpc) is 2.61. The molecule has 0 radical (unpaired) electrons. The summed E-state index contributed by atoms with van der Waals surface area (Å²) in [7, 11) is 0. The van der Waals surface area contributed by atoms with Crippen LogP contribution in [0.2, 0.25) is 10.0 Å². The lowest BCUT2D eigenvalue weighted by Crippen LogP contribution is -2.32. The van der Waals surface area contributed by atoms with Crippen LogP contribution in [0.4, 0.5) is 5.69 Å². The Labute approximate surface area is 117 Å². The van der Waals surface area contributed by atoms with Gasteiger partial charge in [-0.3, -0.25) is 4.79 Å². The van der Waals surface area contributed by atoms with Gasteiger partial charge in [0.25, 0.3) is 5.91 Å². The van der Waals surface area contributed by atoms with E-state index in [1.807, 2.05) is 4.90 Å². The first-order valence-corrected chi connectivity index (χ1v) is 6.89. The first-order valence-electron chi connectivity index (χ1n) is 6.13. The minimum Gasteiger partial charge on any atom is -0.399 e. The first-order chi connectivity index (χ1) is 8.59. The van der Waals surface area contributed by atoms with Gasteiger partial charge in [-0.05, 0) is 25.0 Å². The van der Waals surface area contributed by atoms with Gasteiger partial charge in [0.05, 0.1) is 15.6 Å². The Morgan fingerprint density at radius 1 is 1.11 bits per heavy atom. The monoisotopic (exact) mass is 286 g/mol. The van der Waals surface area contributed by atoms with Crippen molar-refractivity contribution in [2.24, 2.45) is 0 Å². The fourth-order valence-corrected chi connectivity index (χ4v) is 2.63. The molecule has 0 aliphatic carbocycles. The predicted octanol–water partition coefficient (Wildman–Crippen LogP) is 3.59. The van der Waals surface area contributed by atoms with Crippen LogP contribution in [-0.4, -0.2) is 23.9 Å². The Bertz CT molecular complexity index is 455. The maximum atomic E-state index is 12.4. The molecule has 5 heteroatoms. The lowest BCUT2D eigenvalue weighted by molar-refractivity contribution is 0.0762. The smallest absolute Gasteiger partial charge is 0.255 e. The Morgan fingerprint density at radius 3 is 2.33 bits per heavy atom. The highest BCUT2D eigenvalue weighted by molar-refractivity contribution is 6.44. The number of hydrogen-bond acceptors (Lipinski definition) is 2. The van der Waals surface area contributed by atoms with Crippen LogP contribution in [0.25, 0.3) is 0 Å². The molecule has 1 fully saturated rings. The van der Waals surface area contributed by atoms with Crippen LogP contribution < -0.4 is 5.73 Å². The number of hydrogen-bond donors (Lipinski definition) is 1. The van der Waals surface area contributed by atoms with Crippen LogP contribution in [0.3, 0.4) is 0 Å². The molecule has 0 unspecified atom stereocenters. The van der Waals surface area contributed by atoms with E-state index in [2.05, 4.69) is 0 Å². The van der Waals surface area contributed by atoms with E-state index >= 15 is 0 Å². The summed E-state index contributed by atoms with van der Waals surface area (Å²) in [6.07, 6.45) is 4.43. The summed E-state index contributed by atoms with van der Waals surface area (Å²) in [6.45, 7) is 1.56. The van der Waals surface area contributed by atoms with Crippen LogP contribution >= 0.6 is 23.2 Å². The Morgan fingerprint density at radius 2 is 1.72 bits per heavy atom. The number of rotatable bonds is 1. The Kier molecular flexibility index (Phi) is 4.36. The number of anilines is 1. The number of halogens is 2. The third-order valence-electron chi connectivity index (χ3n) is 3.17. The van der Waals surface area contributed by atoms with Gasteiger partial charge in [-0.2, -0.15) is 0 Å². The molecular weight excluding hydrogens is 271 g/mol. The summed E-state index contributed by atoms with van der Waals surface area (Å²) >= 11 is 12.0. The van der Waals surface area contributed by atoms with Crippen LogP contribution in [0.15, 0.2) is 12.1 Å². The molecule has 1 amide bonds. The second kappa shape index (κ2) is 5.81. The lowest BCUT2D eigenvalue weighted by Gasteiger charge is -2.21. The molecule has 0 saturated carbocycles. The van der Waals surface area contributed by atoms with E-state index in [1.165, 1.54) is 12.8 Å². The largest absolute Gasteiger partial charge is 0.399 e. The second-order valence-electron chi connectivity index (χ2n) is 4.57. The number of carbonyl (C=O) groups excluding carboxylic acids is 1. The summed E-state index contributed by atoms with van der Waals surface area (Å²) in [4.78, 5) is 14.2. The molecule has 0 aromatic heterocycles. The number of carbonyl (C=O) groups is 1. The molecule has 1 saturated heterocycles. The van der Waals surface area contributed by atoms with Crippen LogP contribution in [0.1, 0.15) is 36.0 Å². The number of nitrogens with zero attached hydrogens (tertiary/aromatic N) is 1. The SMILES string of the molecule is Nc1cc(Cl)c(Cl)c(C(=O)N2CCCCCC2)c1. The number of likely N-dealkylation sites (tertiary alicyclic amines) is 1. The van der Waals surface area contributed by atoms with Crippen LogP contribution in [-0.2, 0) is 0 Å². The van der Waals surface area contributed by atoms with E-state index < -0.39 is 0 Å². The fraction of sp³-hybridized carbons (Fsp3) is 0.462. The number of amides is 1. The van der Waals surface area contributed by atoms with E-state index in [4.69, 9.17) is 28.9 Å². The molecule has 1 aliphatic rings. The van der Waals surface area contributed by atoms with Crippen molar-refractivity contribution in [2.75, 3.05) is 18.8 Å². The molecule has 2 rings (SSSR count). The van der Waals surface area contributed by atoms with Gasteiger partial charge < -0.3 is 10.6 Å². The van der Waals surface area contributed by atoms with E-state index in [9.17, 15) is 4.79 Å². The van der Waals surface area contributed by atoms with Crippen molar-refractivity contribution >= 4 is 34.8 Å². The topological polar surface area (TPSA) is 46.3 Å². The zero-order valence-electron chi connectivity index (χ0n) is 10.1. The number of benzene rings is 1. The molecule has 2 N–H and O–H groups in total. The van der Waals surface area contributed by atoms with Gasteiger partial charge in [0.15, 0.2) is 0 Å². The van der Waals surface area contributed by atoms with Crippen molar-refractivity contribution in [3.05, 3.63) is 27.7 Å². The van der Waals surface area contributed by atoms with E-state index in [1.54, 1.807) is 12.1 Å². The first kappa shape index (κ1) is 13.5. The molecule has 0 spiro atoms. The van der Waals surface area contributed by atoms with Gasteiger partial charge in [-0.15, -0.1) is 0 Å². The van der Waals surface area contributed by atoms with Crippen molar-refractivity contribution in [3.8, 4) is 0 Å². The highest BCUT2D eigenvalue weighted by Gasteiger charge is 2.21. The second-order valence-corrected chi connectivity index (χ2v) is 5.36. The minimum absolute atomic E-state index is 0.0731. The van der Waals surface area contributed by atoms with Crippen LogP contribution in [0, 0.1) is 0 Å². The van der Waals surface area contributed by atoms with Gasteiger partial charge in [0.1, 0.15) is 0 Å². The van der Waals surface area contributed by atoms with Crippen molar-refractivity contribution in [1.29, 1.82) is 0 Å². The molecule has 1 heterocycles. The summed E-state index contributed by atoms with van der Waals surface area (Å²) in [5, 5.41) is 0.620. The molecular formula is C13H16Cl2N2O. The zero-order chi connectivity index (χ0) is 13.1. The number of nitrogen functional groups attached to an aromatic ring is 1. The van der Waals surface area contributed by atoms with Crippen molar-refractivity contribution < 1.29 is 4.79 Å². The van der Waals surface area contributed by atoms with Gasteiger partial charge in [0.2, 0.25) is 0 Å². The number of nitrogens with two attached hydrogens (primary N) is 1. The van der Waals surface area contributed by atoms with E-state index in [-0.39, 0.29) is 5.91 Å². The molecule has 1 aromatic rings. The lowest BCUT2D eigenvalue weighted by atomic mass is 10.1. The Balaban J connectivity index is 2.27. The molecule has 0 atom stereocenters. The van der Waals surface area contributed by atoms with Gasteiger partial charge in [-0.25, -0.2) is 0 Å². The molecule has 3 nitrogen and oxygen atoms in total. The normalized spacial score (nSPS) is 16.4. The van der Waals surface area contributed by atoms with Crippen molar-refractivity contribution in [2.45, 2.75) is 25.7 Å². The highest BCUT2D eigenvalue weighted by Crippen LogP contribution is 2.30. The van der Waals surface area contributed by atoms with Gasteiger partial charge in [0, 0.05) is 18.8 Å². The summed E-state index contributed by atoms with van der Waals surface area (Å²) < 4.78 is 0. The minimum atomic E-state index is -0.0731. The van der Waals surface area contributed by atoms with Gasteiger partial charge in [-0.1, -0.05) is 36.0 Å². The fourth-order valence-electron chi connectivity index (χ4n) is 2.21. The molecule has 1 aliphatic heterocycles. The third-order valence-corrected chi connectivity index (χ3v) is 3.98. The standard InChI is InChI=1S/C13H16Cl2N2O/c14-11-8-9(16)7-10(12(11)15)13(18)17-5-3-1-2-4-6-17/h7-8H,1-6,16H2.